The number of rotatable bonds is 5. The molecular formula is C14H21N. The van der Waals surface area contributed by atoms with Crippen molar-refractivity contribution in [2.45, 2.75) is 45.1 Å². The Bertz CT molecular complexity index is 326. The van der Waals surface area contributed by atoms with Gasteiger partial charge in [0.15, 0.2) is 0 Å². The van der Waals surface area contributed by atoms with Gasteiger partial charge in [-0.15, -0.1) is 0 Å². The second-order valence-corrected chi connectivity index (χ2v) is 4.86. The highest BCUT2D eigenvalue weighted by Crippen LogP contribution is 2.34. The molecular weight excluding hydrogens is 182 g/mol. The van der Waals surface area contributed by atoms with Crippen LogP contribution in [-0.2, 0) is 12.8 Å². The first kappa shape index (κ1) is 10.7. The third-order valence-electron chi connectivity index (χ3n) is 3.45. The van der Waals surface area contributed by atoms with Gasteiger partial charge in [-0.05, 0) is 50.3 Å². The molecule has 1 saturated carbocycles. The molecule has 2 rings (SSSR count). The van der Waals surface area contributed by atoms with Crippen LogP contribution >= 0.6 is 0 Å². The molecule has 15 heavy (non-hydrogen) atoms. The van der Waals surface area contributed by atoms with E-state index in [2.05, 4.69) is 43.4 Å². The largest absolute Gasteiger partial charge is 0.311 e. The zero-order valence-corrected chi connectivity index (χ0v) is 9.84. The predicted octanol–water partition coefficient (Wildman–Crippen LogP) is 2.93. The van der Waals surface area contributed by atoms with Gasteiger partial charge in [-0.3, -0.25) is 0 Å². The molecule has 1 N–H and O–H groups in total. The zero-order chi connectivity index (χ0) is 10.7. The van der Waals surface area contributed by atoms with Crippen LogP contribution in [-0.4, -0.2) is 12.1 Å². The van der Waals surface area contributed by atoms with E-state index in [-0.39, 0.29) is 0 Å². The van der Waals surface area contributed by atoms with Gasteiger partial charge in [0.05, 0.1) is 0 Å². The van der Waals surface area contributed by atoms with E-state index in [9.17, 15) is 0 Å². The number of benzene rings is 1. The summed E-state index contributed by atoms with van der Waals surface area (Å²) in [5.74, 6) is 0. The second-order valence-electron chi connectivity index (χ2n) is 4.86. The minimum Gasteiger partial charge on any atom is -0.311 e. The molecule has 1 fully saturated rings. The maximum atomic E-state index is 3.63. The summed E-state index contributed by atoms with van der Waals surface area (Å²) < 4.78 is 0. The van der Waals surface area contributed by atoms with Crippen molar-refractivity contribution in [2.24, 2.45) is 0 Å². The van der Waals surface area contributed by atoms with E-state index in [0.717, 1.165) is 13.0 Å². The Morgan fingerprint density at radius 3 is 2.47 bits per heavy atom. The van der Waals surface area contributed by atoms with Crippen LogP contribution in [0, 0.1) is 0 Å². The quantitative estimate of drug-likeness (QED) is 0.776. The second kappa shape index (κ2) is 4.36. The molecule has 1 aliphatic carbocycles. The molecule has 0 atom stereocenters. The lowest BCUT2D eigenvalue weighted by Gasteiger charge is -2.12. The number of hydrogen-bond donors (Lipinski definition) is 1. The van der Waals surface area contributed by atoms with E-state index in [4.69, 9.17) is 0 Å². The molecule has 1 aromatic carbocycles. The minimum atomic E-state index is 0.473. The highest BCUT2D eigenvalue weighted by atomic mass is 15.0. The molecule has 0 radical (unpaired) electrons. The van der Waals surface area contributed by atoms with Crippen LogP contribution < -0.4 is 5.32 Å². The molecule has 0 spiro atoms. The number of hydrogen-bond acceptors (Lipinski definition) is 1. The first-order valence-corrected chi connectivity index (χ1v) is 6.05. The van der Waals surface area contributed by atoms with Crippen LogP contribution in [0.3, 0.4) is 0 Å². The summed E-state index contributed by atoms with van der Waals surface area (Å²) in [6.07, 6.45) is 5.01. The topological polar surface area (TPSA) is 12.0 Å². The average molecular weight is 203 g/mol. The summed E-state index contributed by atoms with van der Waals surface area (Å²) in [5.41, 5.74) is 3.48. The van der Waals surface area contributed by atoms with Crippen LogP contribution in [0.5, 0.6) is 0 Å². The van der Waals surface area contributed by atoms with Gasteiger partial charge in [-0.2, -0.15) is 0 Å². The van der Waals surface area contributed by atoms with Crippen LogP contribution in [0.25, 0.3) is 0 Å². The maximum absolute atomic E-state index is 3.63. The van der Waals surface area contributed by atoms with Crippen LogP contribution in [0.1, 0.15) is 37.8 Å². The number of aryl methyl sites for hydroxylation is 1. The van der Waals surface area contributed by atoms with Crippen LogP contribution in [0.2, 0.25) is 0 Å². The van der Waals surface area contributed by atoms with Crippen molar-refractivity contribution in [3.63, 3.8) is 0 Å². The minimum absolute atomic E-state index is 0.473. The lowest BCUT2D eigenvalue weighted by atomic mass is 10.0. The van der Waals surface area contributed by atoms with Crippen molar-refractivity contribution in [1.82, 2.24) is 5.32 Å². The fourth-order valence-corrected chi connectivity index (χ4v) is 2.01. The lowest BCUT2D eigenvalue weighted by Crippen LogP contribution is -2.29. The summed E-state index contributed by atoms with van der Waals surface area (Å²) in [4.78, 5) is 0. The average Bonchev–Trinajstić information content (AvgIpc) is 2.97. The molecule has 0 bridgehead atoms. The van der Waals surface area contributed by atoms with Gasteiger partial charge < -0.3 is 5.32 Å². The van der Waals surface area contributed by atoms with Crippen molar-refractivity contribution >= 4 is 0 Å². The van der Waals surface area contributed by atoms with Crippen LogP contribution in [0.15, 0.2) is 24.3 Å². The molecule has 0 aromatic heterocycles. The fourth-order valence-electron chi connectivity index (χ4n) is 2.01. The summed E-state index contributed by atoms with van der Waals surface area (Å²) in [7, 11) is 0. The normalized spacial score (nSPS) is 17.7. The van der Waals surface area contributed by atoms with Gasteiger partial charge in [0.1, 0.15) is 0 Å². The Balaban J connectivity index is 1.86. The molecule has 0 saturated heterocycles. The lowest BCUT2D eigenvalue weighted by molar-refractivity contribution is 0.540. The standard InChI is InChI=1S/C14H21N/c1-3-12-6-4-5-7-13(12)8-11-15-14(2)9-10-14/h4-7,15H,3,8-11H2,1-2H3. The fraction of sp³-hybridized carbons (Fsp3) is 0.571. The van der Waals surface area contributed by atoms with E-state index >= 15 is 0 Å². The first-order chi connectivity index (χ1) is 7.23. The molecule has 0 aliphatic heterocycles. The van der Waals surface area contributed by atoms with E-state index in [0.29, 0.717) is 5.54 Å². The van der Waals surface area contributed by atoms with Gasteiger partial charge in [-0.1, -0.05) is 31.2 Å². The third kappa shape index (κ3) is 2.82. The van der Waals surface area contributed by atoms with Crippen molar-refractivity contribution in [2.75, 3.05) is 6.54 Å². The van der Waals surface area contributed by atoms with E-state index in [1.54, 1.807) is 0 Å². The Kier molecular flexibility index (Phi) is 3.11. The Morgan fingerprint density at radius 1 is 1.20 bits per heavy atom. The van der Waals surface area contributed by atoms with Crippen LogP contribution in [0.4, 0.5) is 0 Å². The van der Waals surface area contributed by atoms with Crippen molar-refractivity contribution < 1.29 is 0 Å². The van der Waals surface area contributed by atoms with E-state index in [1.165, 1.54) is 30.4 Å². The molecule has 0 heterocycles. The summed E-state index contributed by atoms with van der Waals surface area (Å²) in [6.45, 7) is 5.67. The molecule has 1 aromatic rings. The van der Waals surface area contributed by atoms with Gasteiger partial charge in [0.2, 0.25) is 0 Å². The zero-order valence-electron chi connectivity index (χ0n) is 9.84. The molecule has 1 heteroatoms. The SMILES string of the molecule is CCc1ccccc1CCNC1(C)CC1. The van der Waals surface area contributed by atoms with E-state index in [1.807, 2.05) is 0 Å². The van der Waals surface area contributed by atoms with Gasteiger partial charge in [-0.25, -0.2) is 0 Å². The Hall–Kier alpha value is -0.820. The maximum Gasteiger partial charge on any atom is 0.0154 e. The summed E-state index contributed by atoms with van der Waals surface area (Å²) >= 11 is 0. The van der Waals surface area contributed by atoms with Gasteiger partial charge in [0, 0.05) is 5.54 Å². The molecule has 82 valence electrons. The third-order valence-corrected chi connectivity index (χ3v) is 3.45. The van der Waals surface area contributed by atoms with E-state index < -0.39 is 0 Å². The summed E-state index contributed by atoms with van der Waals surface area (Å²) in [5, 5.41) is 3.63. The molecule has 0 unspecified atom stereocenters. The first-order valence-electron chi connectivity index (χ1n) is 6.05. The van der Waals surface area contributed by atoms with Crippen molar-refractivity contribution in [3.05, 3.63) is 35.4 Å². The summed E-state index contributed by atoms with van der Waals surface area (Å²) in [6, 6.07) is 8.79. The molecule has 1 nitrogen and oxygen atoms in total. The Labute approximate surface area is 92.9 Å². The molecule has 1 aliphatic rings. The van der Waals surface area contributed by atoms with Gasteiger partial charge in [0.25, 0.3) is 0 Å². The predicted molar refractivity (Wildman–Crippen MR) is 65.2 cm³/mol. The van der Waals surface area contributed by atoms with Crippen molar-refractivity contribution in [3.8, 4) is 0 Å². The Morgan fingerprint density at radius 2 is 1.87 bits per heavy atom. The molecule has 0 amide bonds. The smallest absolute Gasteiger partial charge is 0.0154 e. The van der Waals surface area contributed by atoms with Crippen molar-refractivity contribution in [1.29, 1.82) is 0 Å². The highest BCUT2D eigenvalue weighted by molar-refractivity contribution is 5.27. The number of nitrogens with one attached hydrogen (secondary N) is 1. The highest BCUT2D eigenvalue weighted by Gasteiger charge is 2.35. The monoisotopic (exact) mass is 203 g/mol. The van der Waals surface area contributed by atoms with Gasteiger partial charge >= 0.3 is 0 Å².